The van der Waals surface area contributed by atoms with E-state index in [-0.39, 0.29) is 11.7 Å². The number of hydrogen-bond donors (Lipinski definition) is 2. The van der Waals surface area contributed by atoms with E-state index in [0.29, 0.717) is 90.3 Å². The molecule has 2 fully saturated rings. The van der Waals surface area contributed by atoms with Gasteiger partial charge in [-0.05, 0) is 35.9 Å². The fourth-order valence-electron chi connectivity index (χ4n) is 5.66. The number of carbonyl (C=O) groups excluding carboxylic acids is 3. The van der Waals surface area contributed by atoms with E-state index in [9.17, 15) is 14.4 Å². The third-order valence-electron chi connectivity index (χ3n) is 7.77. The summed E-state index contributed by atoms with van der Waals surface area (Å²) < 4.78 is 5.32. The molecule has 214 valence electrons. The number of nitrogens with one attached hydrogen (secondary N) is 2. The third kappa shape index (κ3) is 4.85. The maximum absolute atomic E-state index is 13.7. The maximum atomic E-state index is 13.7. The molecular formula is C29H28N8O4S. The largest absolute Gasteiger partial charge is 0.379 e. The Labute approximate surface area is 245 Å². The molecule has 0 saturated carbocycles. The molecule has 3 amide bonds. The number of amides is 3. The Balaban J connectivity index is 1.06. The van der Waals surface area contributed by atoms with Crippen molar-refractivity contribution >= 4 is 46.3 Å². The van der Waals surface area contributed by atoms with Gasteiger partial charge in [0.15, 0.2) is 5.78 Å². The molecule has 2 saturated heterocycles. The second-order valence-corrected chi connectivity index (χ2v) is 11.4. The van der Waals surface area contributed by atoms with Crippen molar-refractivity contribution in [3.05, 3.63) is 81.2 Å². The molecule has 7 rings (SSSR count). The van der Waals surface area contributed by atoms with Crippen molar-refractivity contribution in [3.63, 3.8) is 0 Å². The predicted molar refractivity (Wildman–Crippen MR) is 157 cm³/mol. The van der Waals surface area contributed by atoms with Gasteiger partial charge in [-0.2, -0.15) is 10.2 Å². The summed E-state index contributed by atoms with van der Waals surface area (Å²) in [5.74, 6) is 0.655. The first-order valence-electron chi connectivity index (χ1n) is 13.9. The number of hydrogen-bond acceptors (Lipinski definition) is 10. The highest BCUT2D eigenvalue weighted by Gasteiger charge is 2.42. The molecule has 1 unspecified atom stereocenters. The lowest BCUT2D eigenvalue weighted by atomic mass is 10.1. The number of ether oxygens (including phenoxy) is 1. The van der Waals surface area contributed by atoms with Crippen LogP contribution in [-0.4, -0.2) is 85.1 Å². The van der Waals surface area contributed by atoms with Crippen LogP contribution in [0.3, 0.4) is 0 Å². The number of ketones is 1. The Kier molecular flexibility index (Phi) is 6.98. The van der Waals surface area contributed by atoms with Crippen LogP contribution in [-0.2, 0) is 4.74 Å². The number of morpholine rings is 1. The summed E-state index contributed by atoms with van der Waals surface area (Å²) in [5, 5.41) is 13.4. The number of pyridine rings is 1. The summed E-state index contributed by atoms with van der Waals surface area (Å²) in [6.45, 7) is 4.88. The summed E-state index contributed by atoms with van der Waals surface area (Å²) in [4.78, 5) is 49.5. The highest BCUT2D eigenvalue weighted by molar-refractivity contribution is 7.15. The minimum Gasteiger partial charge on any atom is -0.379 e. The molecule has 42 heavy (non-hydrogen) atoms. The van der Waals surface area contributed by atoms with E-state index in [1.54, 1.807) is 29.4 Å². The highest BCUT2D eigenvalue weighted by atomic mass is 32.1. The Morgan fingerprint density at radius 2 is 1.79 bits per heavy atom. The minimum atomic E-state index is -0.535. The molecule has 5 heterocycles. The van der Waals surface area contributed by atoms with Gasteiger partial charge in [-0.15, -0.1) is 11.3 Å². The molecule has 3 aromatic rings. The molecule has 2 aromatic heterocycles. The molecule has 1 aromatic carbocycles. The van der Waals surface area contributed by atoms with Gasteiger partial charge in [0.2, 0.25) is 0 Å². The van der Waals surface area contributed by atoms with Crippen molar-refractivity contribution in [2.75, 3.05) is 62.7 Å². The molecular weight excluding hydrogens is 556 g/mol. The average molecular weight is 585 g/mol. The van der Waals surface area contributed by atoms with Crippen molar-refractivity contribution in [1.29, 1.82) is 0 Å². The van der Waals surface area contributed by atoms with Crippen molar-refractivity contribution in [3.8, 4) is 0 Å². The second-order valence-electron chi connectivity index (χ2n) is 10.3. The number of benzene rings is 1. The molecule has 0 spiro atoms. The highest BCUT2D eigenvalue weighted by Crippen LogP contribution is 2.49. The van der Waals surface area contributed by atoms with Crippen molar-refractivity contribution < 1.29 is 19.1 Å². The molecule has 4 aliphatic rings. The van der Waals surface area contributed by atoms with E-state index < -0.39 is 12.1 Å². The van der Waals surface area contributed by atoms with Crippen LogP contribution in [0, 0.1) is 0 Å². The zero-order valence-electron chi connectivity index (χ0n) is 22.7. The number of azo groups is 1. The zero-order valence-corrected chi connectivity index (χ0v) is 23.5. The van der Waals surface area contributed by atoms with Crippen LogP contribution in [0.25, 0.3) is 5.70 Å². The number of carbonyl (C=O) groups is 3. The monoisotopic (exact) mass is 584 g/mol. The summed E-state index contributed by atoms with van der Waals surface area (Å²) in [6.07, 6.45) is 1.77. The molecule has 0 bridgehead atoms. The van der Waals surface area contributed by atoms with E-state index in [4.69, 9.17) is 4.74 Å². The zero-order chi connectivity index (χ0) is 28.6. The van der Waals surface area contributed by atoms with Crippen LogP contribution in [0.1, 0.15) is 36.5 Å². The number of urea groups is 1. The Morgan fingerprint density at radius 1 is 0.952 bits per heavy atom. The summed E-state index contributed by atoms with van der Waals surface area (Å²) >= 11 is 1.32. The first-order valence-corrected chi connectivity index (χ1v) is 14.7. The van der Waals surface area contributed by atoms with Crippen LogP contribution < -0.4 is 15.6 Å². The van der Waals surface area contributed by atoms with E-state index in [0.717, 1.165) is 5.82 Å². The number of aromatic nitrogens is 1. The molecule has 2 N–H and O–H groups in total. The Bertz CT molecular complexity index is 1610. The Morgan fingerprint density at radius 3 is 2.57 bits per heavy atom. The van der Waals surface area contributed by atoms with E-state index in [1.165, 1.54) is 11.3 Å². The number of anilines is 2. The first-order chi connectivity index (χ1) is 20.6. The molecule has 3 aliphatic heterocycles. The van der Waals surface area contributed by atoms with E-state index in [2.05, 4.69) is 30.9 Å². The number of fused-ring (bicyclic) bond motifs is 3. The van der Waals surface area contributed by atoms with Gasteiger partial charge in [-0.3, -0.25) is 15.0 Å². The summed E-state index contributed by atoms with van der Waals surface area (Å²) in [7, 11) is 0. The first kappa shape index (κ1) is 26.4. The topological polar surface area (TPSA) is 132 Å². The van der Waals surface area contributed by atoms with Crippen LogP contribution in [0.5, 0.6) is 0 Å². The average Bonchev–Trinajstić information content (AvgIpc) is 3.75. The number of Topliss-reactive ketones (excluding diaryl/α,β-unsaturated/α-hetero) is 1. The fraction of sp³-hybridized carbons (Fsp3) is 0.310. The number of hydrazine groups is 1. The number of nitrogens with zero attached hydrogens (tertiary/aromatic N) is 6. The van der Waals surface area contributed by atoms with Gasteiger partial charge >= 0.3 is 6.03 Å². The molecule has 13 heteroatoms. The minimum absolute atomic E-state index is 0.0391. The summed E-state index contributed by atoms with van der Waals surface area (Å²) in [6, 6.07) is 13.8. The van der Waals surface area contributed by atoms with E-state index in [1.807, 2.05) is 35.2 Å². The quantitative estimate of drug-likeness (QED) is 0.469. The standard InChI is InChI=1S/C29H28N8O4S/c38-27-23-18(4-3-5-19(23)31-29(40)34-37-14-16-41-17-15-37)25-24(27)26(33-32-25)20-7-8-21(42-20)28(39)36-12-10-35(11-13-36)22-6-1-2-9-30-22/h1-9,25H,10-17H2,(H2,31,34,40). The number of piperazine rings is 1. The van der Waals surface area contributed by atoms with Gasteiger partial charge in [0.1, 0.15) is 17.6 Å². The van der Waals surface area contributed by atoms with Gasteiger partial charge < -0.3 is 19.9 Å². The number of rotatable bonds is 5. The van der Waals surface area contributed by atoms with Crippen molar-refractivity contribution in [2.45, 2.75) is 6.04 Å². The lowest BCUT2D eigenvalue weighted by molar-refractivity contribution is 0.0207. The predicted octanol–water partition coefficient (Wildman–Crippen LogP) is 3.59. The second kappa shape index (κ2) is 11.1. The van der Waals surface area contributed by atoms with Crippen molar-refractivity contribution in [2.24, 2.45) is 10.2 Å². The molecule has 1 aliphatic carbocycles. The maximum Gasteiger partial charge on any atom is 0.333 e. The smallest absolute Gasteiger partial charge is 0.333 e. The lowest BCUT2D eigenvalue weighted by Gasteiger charge is -2.35. The lowest BCUT2D eigenvalue weighted by Crippen LogP contribution is -2.49. The van der Waals surface area contributed by atoms with Gasteiger partial charge in [0.05, 0.1) is 39.8 Å². The van der Waals surface area contributed by atoms with Gasteiger partial charge in [-0.25, -0.2) is 14.8 Å². The van der Waals surface area contributed by atoms with E-state index >= 15 is 0 Å². The van der Waals surface area contributed by atoms with Crippen LogP contribution in [0.4, 0.5) is 16.3 Å². The SMILES string of the molecule is O=C(Nc1cccc2c1C(=O)C1=C(c3ccc(C(=O)N4CCN(c5ccccn5)CC4)s3)N=NC12)NN1CCOCC1. The van der Waals surface area contributed by atoms with Crippen LogP contribution in [0.15, 0.2) is 70.5 Å². The fourth-order valence-corrected chi connectivity index (χ4v) is 6.64. The Hall–Kier alpha value is -4.46. The van der Waals surface area contributed by atoms with Gasteiger partial charge in [0.25, 0.3) is 5.91 Å². The van der Waals surface area contributed by atoms with Crippen molar-refractivity contribution in [1.82, 2.24) is 20.3 Å². The van der Waals surface area contributed by atoms with Crippen LogP contribution in [0.2, 0.25) is 0 Å². The molecule has 1 atom stereocenters. The van der Waals surface area contributed by atoms with Gasteiger partial charge in [-0.1, -0.05) is 18.2 Å². The summed E-state index contributed by atoms with van der Waals surface area (Å²) in [5.41, 5.74) is 5.31. The molecule has 12 nitrogen and oxygen atoms in total. The normalized spacial score (nSPS) is 20.1. The molecule has 0 radical (unpaired) electrons. The van der Waals surface area contributed by atoms with Gasteiger partial charge in [0, 0.05) is 45.5 Å². The number of thiophene rings is 1. The third-order valence-corrected chi connectivity index (χ3v) is 8.85. The van der Waals surface area contributed by atoms with Crippen LogP contribution >= 0.6 is 11.3 Å².